The van der Waals surface area contributed by atoms with Crippen molar-refractivity contribution >= 4 is 26.6 Å². The van der Waals surface area contributed by atoms with E-state index in [4.69, 9.17) is 0 Å². The molecule has 0 atom stereocenters. The zero-order chi connectivity index (χ0) is 22.5. The van der Waals surface area contributed by atoms with Crippen molar-refractivity contribution in [1.29, 1.82) is 0 Å². The molecule has 1 aliphatic rings. The molecular formula is C18H15F6N3O2S. The van der Waals surface area contributed by atoms with Gasteiger partial charge in [-0.2, -0.15) is 26.3 Å². The molecule has 0 fully saturated rings. The number of halogens is 6. The SMILES string of the molecule is CCS(=O)(=O)C1=CC(C(F)(F)F)=CCC=C1c1nc2cc(C(F)(F)F)cnc2n1C. The molecule has 0 saturated heterocycles. The second-order valence-corrected chi connectivity index (χ2v) is 8.73. The molecule has 2 heterocycles. The van der Waals surface area contributed by atoms with Gasteiger partial charge in [0.05, 0.1) is 21.8 Å². The highest BCUT2D eigenvalue weighted by Crippen LogP contribution is 2.37. The molecule has 0 N–H and O–H groups in total. The molecule has 0 aliphatic heterocycles. The average molecular weight is 451 g/mol. The predicted molar refractivity (Wildman–Crippen MR) is 97.8 cm³/mol. The van der Waals surface area contributed by atoms with Crippen LogP contribution in [0, 0.1) is 0 Å². The fraction of sp³-hybridized carbons (Fsp3) is 0.333. The Labute approximate surface area is 167 Å². The van der Waals surface area contributed by atoms with Crippen LogP contribution in [-0.4, -0.2) is 34.9 Å². The molecule has 5 nitrogen and oxygen atoms in total. The number of imidazole rings is 1. The number of aromatic nitrogens is 3. The maximum Gasteiger partial charge on any atom is 0.417 e. The summed E-state index contributed by atoms with van der Waals surface area (Å²) in [5, 5.41) is 0. The lowest BCUT2D eigenvalue weighted by molar-refractivity contribution is -0.137. The molecule has 2 aromatic heterocycles. The van der Waals surface area contributed by atoms with Crippen LogP contribution in [0.5, 0.6) is 0 Å². The van der Waals surface area contributed by atoms with Gasteiger partial charge in [0.25, 0.3) is 0 Å². The third-order valence-electron chi connectivity index (χ3n) is 4.53. The Bertz CT molecular complexity index is 1200. The van der Waals surface area contributed by atoms with Gasteiger partial charge in [0, 0.05) is 18.8 Å². The second-order valence-electron chi connectivity index (χ2n) is 6.48. The van der Waals surface area contributed by atoms with Crippen LogP contribution < -0.4 is 0 Å². The molecule has 30 heavy (non-hydrogen) atoms. The lowest BCUT2D eigenvalue weighted by atomic mass is 10.2. The Morgan fingerprint density at radius 3 is 2.33 bits per heavy atom. The molecular weight excluding hydrogens is 436 g/mol. The van der Waals surface area contributed by atoms with Crippen LogP contribution in [-0.2, 0) is 23.1 Å². The summed E-state index contributed by atoms with van der Waals surface area (Å²) in [6.07, 6.45) is -6.45. The fourth-order valence-electron chi connectivity index (χ4n) is 2.97. The average Bonchev–Trinajstić information content (AvgIpc) is 2.81. The Kier molecular flexibility index (Phi) is 5.34. The van der Waals surface area contributed by atoms with Gasteiger partial charge in [-0.25, -0.2) is 18.4 Å². The van der Waals surface area contributed by atoms with Gasteiger partial charge >= 0.3 is 12.4 Å². The summed E-state index contributed by atoms with van der Waals surface area (Å²) in [6, 6.07) is 0.750. The largest absolute Gasteiger partial charge is 0.417 e. The van der Waals surface area contributed by atoms with Crippen molar-refractivity contribution in [2.45, 2.75) is 25.7 Å². The molecule has 0 unspecified atom stereocenters. The molecule has 0 spiro atoms. The first-order valence-corrected chi connectivity index (χ1v) is 10.2. The van der Waals surface area contributed by atoms with E-state index in [1.807, 2.05) is 0 Å². The number of pyridine rings is 1. The predicted octanol–water partition coefficient (Wildman–Crippen LogP) is 4.58. The van der Waals surface area contributed by atoms with Crippen molar-refractivity contribution in [3.8, 4) is 0 Å². The van der Waals surface area contributed by atoms with Gasteiger partial charge in [-0.1, -0.05) is 19.1 Å². The van der Waals surface area contributed by atoms with Crippen LogP contribution in [0.4, 0.5) is 26.3 Å². The van der Waals surface area contributed by atoms with Crippen LogP contribution >= 0.6 is 0 Å². The van der Waals surface area contributed by atoms with Crippen molar-refractivity contribution in [2.75, 3.05) is 5.75 Å². The van der Waals surface area contributed by atoms with Gasteiger partial charge in [-0.3, -0.25) is 0 Å². The van der Waals surface area contributed by atoms with E-state index in [-0.39, 0.29) is 29.0 Å². The Morgan fingerprint density at radius 1 is 1.10 bits per heavy atom. The van der Waals surface area contributed by atoms with E-state index in [2.05, 4.69) is 9.97 Å². The fourth-order valence-corrected chi connectivity index (χ4v) is 4.09. The van der Waals surface area contributed by atoms with Gasteiger partial charge in [0.2, 0.25) is 0 Å². The molecule has 1 aliphatic carbocycles. The molecule has 0 radical (unpaired) electrons. The highest BCUT2D eigenvalue weighted by Gasteiger charge is 2.36. The summed E-state index contributed by atoms with van der Waals surface area (Å²) < 4.78 is 105. The number of aryl methyl sites for hydroxylation is 1. The van der Waals surface area contributed by atoms with Crippen LogP contribution in [0.3, 0.4) is 0 Å². The van der Waals surface area contributed by atoms with Gasteiger partial charge < -0.3 is 4.57 Å². The van der Waals surface area contributed by atoms with E-state index in [9.17, 15) is 34.8 Å². The second kappa shape index (κ2) is 7.25. The van der Waals surface area contributed by atoms with E-state index in [1.54, 1.807) is 0 Å². The van der Waals surface area contributed by atoms with Crippen molar-refractivity contribution in [2.24, 2.45) is 7.05 Å². The molecule has 0 aromatic carbocycles. The number of hydrogen-bond donors (Lipinski definition) is 0. The zero-order valence-electron chi connectivity index (χ0n) is 15.6. The molecule has 0 bridgehead atoms. The third-order valence-corrected chi connectivity index (χ3v) is 6.30. The van der Waals surface area contributed by atoms with Crippen LogP contribution in [0.2, 0.25) is 0 Å². The summed E-state index contributed by atoms with van der Waals surface area (Å²) in [5.74, 6) is -0.571. The molecule has 0 saturated carbocycles. The lowest BCUT2D eigenvalue weighted by Crippen LogP contribution is -2.14. The third kappa shape index (κ3) is 4.00. The summed E-state index contributed by atoms with van der Waals surface area (Å²) >= 11 is 0. The van der Waals surface area contributed by atoms with E-state index in [0.29, 0.717) is 12.3 Å². The van der Waals surface area contributed by atoms with Crippen molar-refractivity contribution in [3.63, 3.8) is 0 Å². The van der Waals surface area contributed by atoms with Gasteiger partial charge in [0.1, 0.15) is 11.3 Å². The normalized spacial score (nSPS) is 16.2. The number of allylic oxidation sites excluding steroid dienone is 5. The summed E-state index contributed by atoms with van der Waals surface area (Å²) in [4.78, 5) is 7.20. The smallest absolute Gasteiger partial charge is 0.312 e. The number of rotatable bonds is 3. The molecule has 0 amide bonds. The minimum absolute atomic E-state index is 0.0281. The minimum atomic E-state index is -4.77. The number of sulfone groups is 1. The zero-order valence-corrected chi connectivity index (χ0v) is 16.5. The molecule has 162 valence electrons. The van der Waals surface area contributed by atoms with E-state index >= 15 is 0 Å². The van der Waals surface area contributed by atoms with Crippen molar-refractivity contribution in [3.05, 3.63) is 52.4 Å². The number of nitrogens with zero attached hydrogens (tertiary/aromatic N) is 3. The monoisotopic (exact) mass is 451 g/mol. The highest BCUT2D eigenvalue weighted by molar-refractivity contribution is 7.95. The van der Waals surface area contributed by atoms with Gasteiger partial charge in [-0.15, -0.1) is 0 Å². The van der Waals surface area contributed by atoms with E-state index < -0.39 is 44.0 Å². The molecule has 3 rings (SSSR count). The number of alkyl halides is 6. The maximum absolute atomic E-state index is 13.3. The summed E-state index contributed by atoms with van der Waals surface area (Å²) in [5.41, 5.74) is -2.43. The highest BCUT2D eigenvalue weighted by atomic mass is 32.2. The first-order chi connectivity index (χ1) is 13.8. The quantitative estimate of drug-likeness (QED) is 0.641. The first-order valence-electron chi connectivity index (χ1n) is 8.58. The topological polar surface area (TPSA) is 64.8 Å². The Morgan fingerprint density at radius 2 is 1.77 bits per heavy atom. The molecule has 12 heteroatoms. The minimum Gasteiger partial charge on any atom is -0.312 e. The van der Waals surface area contributed by atoms with Crippen LogP contribution in [0.1, 0.15) is 24.7 Å². The summed E-state index contributed by atoms with van der Waals surface area (Å²) in [7, 11) is -2.73. The Hall–Kier alpha value is -2.63. The van der Waals surface area contributed by atoms with E-state index in [0.717, 1.165) is 12.1 Å². The van der Waals surface area contributed by atoms with Gasteiger partial charge in [-0.05, 0) is 18.6 Å². The van der Waals surface area contributed by atoms with Crippen LogP contribution in [0.25, 0.3) is 16.7 Å². The Balaban J connectivity index is 2.24. The molecule has 2 aromatic rings. The van der Waals surface area contributed by atoms with Gasteiger partial charge in [0.15, 0.2) is 15.5 Å². The van der Waals surface area contributed by atoms with Crippen LogP contribution in [0.15, 0.2) is 41.0 Å². The van der Waals surface area contributed by atoms with Crippen molar-refractivity contribution < 1.29 is 34.8 Å². The standard InChI is InChI=1S/C18H15F6N3O2S/c1-3-30(28,29)14-8-10(17(19,20)21)5-4-6-12(14)15-26-13-7-11(18(22,23)24)9-25-16(13)27(15)2/h5-9H,3-4H2,1-2H3. The maximum atomic E-state index is 13.3. The first kappa shape index (κ1) is 22.1. The van der Waals surface area contributed by atoms with E-state index in [1.165, 1.54) is 24.6 Å². The summed E-state index contributed by atoms with van der Waals surface area (Å²) in [6.45, 7) is 1.28. The number of hydrogen-bond acceptors (Lipinski definition) is 4. The van der Waals surface area contributed by atoms with Crippen molar-refractivity contribution in [1.82, 2.24) is 14.5 Å². The lowest BCUT2D eigenvalue weighted by Gasteiger charge is -2.13. The number of fused-ring (bicyclic) bond motifs is 1.